The van der Waals surface area contributed by atoms with Crippen LogP contribution in [0.15, 0.2) is 54.6 Å². The number of aliphatic hydroxyl groups excluding tert-OH is 1. The summed E-state index contributed by atoms with van der Waals surface area (Å²) in [6.07, 6.45) is 0.116. The van der Waals surface area contributed by atoms with Gasteiger partial charge in [-0.1, -0.05) is 24.3 Å². The first-order valence-electron chi connectivity index (χ1n) is 8.85. The van der Waals surface area contributed by atoms with Crippen LogP contribution in [0.3, 0.4) is 0 Å². The van der Waals surface area contributed by atoms with Crippen LogP contribution in [0.1, 0.15) is 5.56 Å². The molecular formula is C20H20FN5O3. The lowest BCUT2D eigenvalue weighted by Crippen LogP contribution is -2.27. The normalized spacial score (nSPS) is 10.6. The molecule has 0 fully saturated rings. The number of nitrogens with zero attached hydrogens (tertiary/aromatic N) is 2. The third-order valence-corrected chi connectivity index (χ3v) is 4.03. The molecule has 0 saturated carbocycles. The van der Waals surface area contributed by atoms with Crippen molar-refractivity contribution in [1.29, 1.82) is 0 Å². The summed E-state index contributed by atoms with van der Waals surface area (Å²) in [5.74, 6) is -0.330. The second-order valence-corrected chi connectivity index (χ2v) is 6.25. The van der Waals surface area contributed by atoms with E-state index in [4.69, 9.17) is 10.8 Å². The average molecular weight is 397 g/mol. The zero-order chi connectivity index (χ0) is 20.8. The Morgan fingerprint density at radius 1 is 1.14 bits per heavy atom. The monoisotopic (exact) mass is 397 g/mol. The Kier molecular flexibility index (Phi) is 6.20. The van der Waals surface area contributed by atoms with Crippen molar-refractivity contribution in [2.45, 2.75) is 6.42 Å². The van der Waals surface area contributed by atoms with Gasteiger partial charge in [0.15, 0.2) is 0 Å². The molecule has 0 atom stereocenters. The van der Waals surface area contributed by atoms with Crippen molar-refractivity contribution in [3.8, 4) is 16.9 Å². The maximum absolute atomic E-state index is 13.6. The fourth-order valence-corrected chi connectivity index (χ4v) is 2.82. The number of carbonyl (C=O) groups is 2. The second kappa shape index (κ2) is 8.98. The third-order valence-electron chi connectivity index (χ3n) is 4.03. The highest BCUT2D eigenvalue weighted by molar-refractivity contribution is 5.88. The quantitative estimate of drug-likeness (QED) is 0.486. The topological polar surface area (TPSA) is 122 Å². The van der Waals surface area contributed by atoms with Gasteiger partial charge < -0.3 is 16.2 Å². The molecule has 8 nitrogen and oxygen atoms in total. The number of aromatic nitrogens is 2. The highest BCUT2D eigenvalue weighted by Gasteiger charge is 2.14. The van der Waals surface area contributed by atoms with Crippen molar-refractivity contribution >= 4 is 17.8 Å². The largest absolute Gasteiger partial charge is 0.395 e. The minimum absolute atomic E-state index is 0.116. The fourth-order valence-electron chi connectivity index (χ4n) is 2.82. The van der Waals surface area contributed by atoms with E-state index >= 15 is 0 Å². The first-order chi connectivity index (χ1) is 14.0. The number of carbonyl (C=O) groups excluding carboxylic acids is 2. The molecule has 0 saturated heterocycles. The summed E-state index contributed by atoms with van der Waals surface area (Å²) < 4.78 is 15.0. The number of nitrogens with two attached hydrogens (primary N) is 1. The van der Waals surface area contributed by atoms with Gasteiger partial charge in [0, 0.05) is 18.2 Å². The summed E-state index contributed by atoms with van der Waals surface area (Å²) in [5, 5.41) is 18.3. The first-order valence-corrected chi connectivity index (χ1v) is 8.85. The molecule has 0 bridgehead atoms. The Bertz CT molecular complexity index is 1030. The predicted octanol–water partition coefficient (Wildman–Crippen LogP) is 1.82. The molecule has 1 heterocycles. The summed E-state index contributed by atoms with van der Waals surface area (Å²) in [5.41, 5.74) is 7.54. The van der Waals surface area contributed by atoms with Crippen LogP contribution in [0, 0.1) is 5.82 Å². The van der Waals surface area contributed by atoms with E-state index in [1.807, 2.05) is 0 Å². The Morgan fingerprint density at radius 3 is 2.66 bits per heavy atom. The van der Waals surface area contributed by atoms with Gasteiger partial charge in [-0.2, -0.15) is 5.10 Å². The zero-order valence-corrected chi connectivity index (χ0v) is 15.4. The van der Waals surface area contributed by atoms with Crippen molar-refractivity contribution in [3.63, 3.8) is 0 Å². The van der Waals surface area contributed by atoms with Crippen LogP contribution in [0.4, 0.5) is 15.0 Å². The average Bonchev–Trinajstić information content (AvgIpc) is 3.10. The van der Waals surface area contributed by atoms with Gasteiger partial charge in [0.1, 0.15) is 11.6 Å². The summed E-state index contributed by atoms with van der Waals surface area (Å²) in [6.45, 7) is 0.0470. The van der Waals surface area contributed by atoms with Crippen LogP contribution in [-0.4, -0.2) is 40.0 Å². The SMILES string of the molecule is NC(=O)Nc1cc(-c2cccc(F)c2)nn1-c1cccc(CC(=O)NCCO)c1. The van der Waals surface area contributed by atoms with Crippen LogP contribution in [0.25, 0.3) is 16.9 Å². The number of halogens is 1. The molecule has 1 aromatic heterocycles. The number of nitrogens with one attached hydrogen (secondary N) is 2. The Morgan fingerprint density at radius 2 is 1.93 bits per heavy atom. The third kappa shape index (κ3) is 5.17. The van der Waals surface area contributed by atoms with Crippen LogP contribution in [0.5, 0.6) is 0 Å². The predicted molar refractivity (Wildman–Crippen MR) is 106 cm³/mol. The van der Waals surface area contributed by atoms with E-state index in [1.165, 1.54) is 16.8 Å². The number of benzene rings is 2. The molecule has 3 rings (SSSR count). The summed E-state index contributed by atoms with van der Waals surface area (Å²) in [7, 11) is 0. The van der Waals surface area contributed by atoms with Crippen LogP contribution >= 0.6 is 0 Å². The number of anilines is 1. The fraction of sp³-hybridized carbons (Fsp3) is 0.150. The number of rotatable bonds is 7. The van der Waals surface area contributed by atoms with Crippen molar-refractivity contribution in [3.05, 3.63) is 66.0 Å². The minimum Gasteiger partial charge on any atom is -0.395 e. The van der Waals surface area contributed by atoms with E-state index in [0.29, 0.717) is 28.3 Å². The van der Waals surface area contributed by atoms with Gasteiger partial charge in [0.2, 0.25) is 5.91 Å². The molecule has 5 N–H and O–H groups in total. The molecular weight excluding hydrogens is 377 g/mol. The number of hydrogen-bond acceptors (Lipinski definition) is 4. The van der Waals surface area contributed by atoms with Gasteiger partial charge in [0.25, 0.3) is 0 Å². The number of hydrogen-bond donors (Lipinski definition) is 4. The standard InChI is InChI=1S/C20H20FN5O3/c21-15-5-2-4-14(11-15)17-12-18(24-20(22)29)26(25-17)16-6-1-3-13(9-16)10-19(28)23-7-8-27/h1-6,9,11-12,27H,7-8,10H2,(H,23,28)(H3,22,24,29). The smallest absolute Gasteiger partial charge is 0.317 e. The lowest BCUT2D eigenvalue weighted by molar-refractivity contribution is -0.120. The second-order valence-electron chi connectivity index (χ2n) is 6.25. The Balaban J connectivity index is 1.95. The number of aliphatic hydroxyl groups is 1. The van der Waals surface area contributed by atoms with Crippen molar-refractivity contribution in [1.82, 2.24) is 15.1 Å². The molecule has 29 heavy (non-hydrogen) atoms. The van der Waals surface area contributed by atoms with Gasteiger partial charge in [-0.3, -0.25) is 10.1 Å². The summed E-state index contributed by atoms with van der Waals surface area (Å²) in [6, 6.07) is 13.8. The van der Waals surface area contributed by atoms with E-state index in [9.17, 15) is 14.0 Å². The maximum Gasteiger partial charge on any atom is 0.317 e. The van der Waals surface area contributed by atoms with Crippen LogP contribution in [0.2, 0.25) is 0 Å². The number of amides is 3. The minimum atomic E-state index is -0.767. The highest BCUT2D eigenvalue weighted by atomic mass is 19.1. The number of primary amides is 1. The van der Waals surface area contributed by atoms with E-state index in [-0.39, 0.29) is 25.5 Å². The van der Waals surface area contributed by atoms with E-state index in [0.717, 1.165) is 0 Å². The van der Waals surface area contributed by atoms with Gasteiger partial charge in [0.05, 0.1) is 24.4 Å². The molecule has 0 spiro atoms. The molecule has 0 aliphatic rings. The lowest BCUT2D eigenvalue weighted by Gasteiger charge is -2.09. The zero-order valence-electron chi connectivity index (χ0n) is 15.4. The lowest BCUT2D eigenvalue weighted by atomic mass is 10.1. The first kappa shape index (κ1) is 20.0. The van der Waals surface area contributed by atoms with Gasteiger partial charge >= 0.3 is 6.03 Å². The molecule has 2 aromatic carbocycles. The van der Waals surface area contributed by atoms with Crippen molar-refractivity contribution in [2.75, 3.05) is 18.5 Å². The van der Waals surface area contributed by atoms with Gasteiger partial charge in [-0.15, -0.1) is 0 Å². The highest BCUT2D eigenvalue weighted by Crippen LogP contribution is 2.25. The van der Waals surface area contributed by atoms with E-state index < -0.39 is 11.8 Å². The van der Waals surface area contributed by atoms with E-state index in [2.05, 4.69) is 15.7 Å². The molecule has 9 heteroatoms. The molecule has 0 aliphatic carbocycles. The molecule has 0 radical (unpaired) electrons. The Labute approximate surface area is 166 Å². The van der Waals surface area contributed by atoms with Crippen LogP contribution in [-0.2, 0) is 11.2 Å². The Hall–Kier alpha value is -3.72. The van der Waals surface area contributed by atoms with Gasteiger partial charge in [-0.05, 0) is 29.8 Å². The van der Waals surface area contributed by atoms with Gasteiger partial charge in [-0.25, -0.2) is 13.9 Å². The maximum atomic E-state index is 13.6. The molecule has 3 aromatic rings. The summed E-state index contributed by atoms with van der Waals surface area (Å²) >= 11 is 0. The molecule has 0 unspecified atom stereocenters. The molecule has 0 aliphatic heterocycles. The van der Waals surface area contributed by atoms with Crippen molar-refractivity contribution in [2.24, 2.45) is 5.73 Å². The van der Waals surface area contributed by atoms with E-state index in [1.54, 1.807) is 42.5 Å². The molecule has 150 valence electrons. The van der Waals surface area contributed by atoms with Crippen molar-refractivity contribution < 1.29 is 19.1 Å². The van der Waals surface area contributed by atoms with Crippen LogP contribution < -0.4 is 16.4 Å². The molecule has 3 amide bonds. The summed E-state index contributed by atoms with van der Waals surface area (Å²) in [4.78, 5) is 23.3. The number of urea groups is 1.